The zero-order valence-electron chi connectivity index (χ0n) is 12.6. The molecule has 0 radical (unpaired) electrons. The maximum absolute atomic E-state index is 12.2. The molecule has 1 amide bonds. The zero-order valence-corrected chi connectivity index (χ0v) is 15.0. The van der Waals surface area contributed by atoms with Gasteiger partial charge in [-0.3, -0.25) is 4.79 Å². The van der Waals surface area contributed by atoms with Gasteiger partial charge in [0.25, 0.3) is 0 Å². The fourth-order valence-electron chi connectivity index (χ4n) is 2.21. The first kappa shape index (κ1) is 17.1. The molecular formula is C18H20BrNOS. The largest absolute Gasteiger partial charge is 0.349 e. The zero-order chi connectivity index (χ0) is 15.8. The molecule has 1 N–H and O–H groups in total. The van der Waals surface area contributed by atoms with Crippen LogP contribution in [0.3, 0.4) is 0 Å². The van der Waals surface area contributed by atoms with Crippen molar-refractivity contribution in [2.24, 2.45) is 0 Å². The van der Waals surface area contributed by atoms with E-state index in [1.165, 1.54) is 5.56 Å². The second kappa shape index (κ2) is 9.01. The van der Waals surface area contributed by atoms with Crippen molar-refractivity contribution < 1.29 is 4.79 Å². The molecular weight excluding hydrogens is 358 g/mol. The first-order valence-corrected chi connectivity index (χ1v) is 9.19. The summed E-state index contributed by atoms with van der Waals surface area (Å²) in [5.74, 6) is 0.518. The number of benzene rings is 2. The van der Waals surface area contributed by atoms with E-state index in [2.05, 4.69) is 40.3 Å². The number of thioether (sulfide) groups is 1. The Bertz CT molecular complexity index is 586. The summed E-state index contributed by atoms with van der Waals surface area (Å²) in [5, 5.41) is 3.15. The summed E-state index contributed by atoms with van der Waals surface area (Å²) >= 11 is 4.97. The van der Waals surface area contributed by atoms with Gasteiger partial charge < -0.3 is 5.32 Å². The molecule has 0 fully saturated rings. The molecule has 0 saturated carbocycles. The standard InChI is InChI=1S/C18H20BrNOS/c1-2-6-17(14-7-4-3-5-8-14)20-18(21)13-22-16-11-9-15(19)10-12-16/h3-5,7-12,17H,2,6,13H2,1H3,(H,20,21)/t17-/m1/s1. The van der Waals surface area contributed by atoms with Crippen LogP contribution < -0.4 is 5.32 Å². The molecule has 0 aliphatic heterocycles. The topological polar surface area (TPSA) is 29.1 Å². The summed E-state index contributed by atoms with van der Waals surface area (Å²) in [5.41, 5.74) is 1.17. The van der Waals surface area contributed by atoms with Crippen molar-refractivity contribution in [3.8, 4) is 0 Å². The van der Waals surface area contributed by atoms with Crippen LogP contribution in [0.2, 0.25) is 0 Å². The Balaban J connectivity index is 1.89. The fraction of sp³-hybridized carbons (Fsp3) is 0.278. The molecule has 2 aromatic rings. The van der Waals surface area contributed by atoms with E-state index >= 15 is 0 Å². The van der Waals surface area contributed by atoms with Crippen molar-refractivity contribution in [1.82, 2.24) is 5.32 Å². The van der Waals surface area contributed by atoms with Gasteiger partial charge in [0.2, 0.25) is 5.91 Å². The minimum absolute atomic E-state index is 0.0789. The Morgan fingerprint density at radius 1 is 1.14 bits per heavy atom. The predicted octanol–water partition coefficient (Wildman–Crippen LogP) is 5.20. The first-order chi connectivity index (χ1) is 10.7. The third-order valence-electron chi connectivity index (χ3n) is 3.30. The van der Waals surface area contributed by atoms with Gasteiger partial charge in [-0.15, -0.1) is 11.8 Å². The van der Waals surface area contributed by atoms with Crippen molar-refractivity contribution in [2.75, 3.05) is 5.75 Å². The Kier molecular flexibility index (Phi) is 7.00. The number of nitrogens with one attached hydrogen (secondary N) is 1. The first-order valence-electron chi connectivity index (χ1n) is 7.41. The van der Waals surface area contributed by atoms with Gasteiger partial charge in [0.1, 0.15) is 0 Å². The van der Waals surface area contributed by atoms with Crippen molar-refractivity contribution in [3.63, 3.8) is 0 Å². The van der Waals surface area contributed by atoms with Crippen molar-refractivity contribution in [1.29, 1.82) is 0 Å². The number of halogens is 1. The van der Waals surface area contributed by atoms with Crippen molar-refractivity contribution in [2.45, 2.75) is 30.7 Å². The number of carbonyl (C=O) groups is 1. The highest BCUT2D eigenvalue weighted by Gasteiger charge is 2.13. The molecule has 2 rings (SSSR count). The minimum atomic E-state index is 0.0789. The van der Waals surface area contributed by atoms with Gasteiger partial charge in [0, 0.05) is 9.37 Å². The van der Waals surface area contributed by atoms with Crippen LogP contribution in [0.5, 0.6) is 0 Å². The third-order valence-corrected chi connectivity index (χ3v) is 4.84. The SMILES string of the molecule is CCC[C@@H](NC(=O)CSc1ccc(Br)cc1)c1ccccc1. The summed E-state index contributed by atoms with van der Waals surface area (Å²) < 4.78 is 1.05. The number of rotatable bonds is 7. The lowest BCUT2D eigenvalue weighted by Gasteiger charge is -2.18. The molecule has 22 heavy (non-hydrogen) atoms. The van der Waals surface area contributed by atoms with E-state index in [0.717, 1.165) is 22.2 Å². The molecule has 0 heterocycles. The molecule has 116 valence electrons. The smallest absolute Gasteiger partial charge is 0.230 e. The van der Waals surface area contributed by atoms with Crippen LogP contribution in [0.25, 0.3) is 0 Å². The fourth-order valence-corrected chi connectivity index (χ4v) is 3.19. The Labute approximate surface area is 144 Å². The van der Waals surface area contributed by atoms with Gasteiger partial charge in [0.05, 0.1) is 11.8 Å². The van der Waals surface area contributed by atoms with Crippen molar-refractivity contribution >= 4 is 33.6 Å². The van der Waals surface area contributed by atoms with E-state index in [1.807, 2.05) is 42.5 Å². The highest BCUT2D eigenvalue weighted by molar-refractivity contribution is 9.10. The molecule has 0 spiro atoms. The Morgan fingerprint density at radius 3 is 2.45 bits per heavy atom. The van der Waals surface area contributed by atoms with E-state index in [-0.39, 0.29) is 11.9 Å². The Hall–Kier alpha value is -1.26. The maximum atomic E-state index is 12.2. The predicted molar refractivity (Wildman–Crippen MR) is 97.1 cm³/mol. The van der Waals surface area contributed by atoms with Crippen LogP contribution in [0.1, 0.15) is 31.4 Å². The number of amides is 1. The van der Waals surface area contributed by atoms with Crippen LogP contribution in [-0.4, -0.2) is 11.7 Å². The Morgan fingerprint density at radius 2 is 1.82 bits per heavy atom. The lowest BCUT2D eigenvalue weighted by Crippen LogP contribution is -2.29. The van der Waals surface area contributed by atoms with Gasteiger partial charge in [0.15, 0.2) is 0 Å². The lowest BCUT2D eigenvalue weighted by molar-refractivity contribution is -0.119. The minimum Gasteiger partial charge on any atom is -0.349 e. The van der Waals surface area contributed by atoms with Crippen LogP contribution in [0.4, 0.5) is 0 Å². The molecule has 4 heteroatoms. The normalized spacial score (nSPS) is 11.9. The number of hydrogen-bond donors (Lipinski definition) is 1. The molecule has 0 aromatic heterocycles. The van der Waals surface area contributed by atoms with Crippen LogP contribution in [0, 0.1) is 0 Å². The van der Waals surface area contributed by atoms with E-state index in [9.17, 15) is 4.79 Å². The average Bonchev–Trinajstić information content (AvgIpc) is 2.55. The maximum Gasteiger partial charge on any atom is 0.230 e. The molecule has 0 bridgehead atoms. The van der Waals surface area contributed by atoms with Crippen LogP contribution in [0.15, 0.2) is 64.0 Å². The second-order valence-electron chi connectivity index (χ2n) is 5.06. The van der Waals surface area contributed by atoms with Crippen molar-refractivity contribution in [3.05, 3.63) is 64.6 Å². The summed E-state index contributed by atoms with van der Waals surface area (Å²) in [6, 6.07) is 18.3. The highest BCUT2D eigenvalue weighted by Crippen LogP contribution is 2.22. The molecule has 0 aliphatic carbocycles. The monoisotopic (exact) mass is 377 g/mol. The summed E-state index contributed by atoms with van der Waals surface area (Å²) in [4.78, 5) is 13.3. The van der Waals surface area contributed by atoms with E-state index < -0.39 is 0 Å². The second-order valence-corrected chi connectivity index (χ2v) is 7.03. The van der Waals surface area contributed by atoms with Crippen LogP contribution >= 0.6 is 27.7 Å². The summed E-state index contributed by atoms with van der Waals surface area (Å²) in [6.45, 7) is 2.14. The van der Waals surface area contributed by atoms with E-state index in [1.54, 1.807) is 11.8 Å². The van der Waals surface area contributed by atoms with Gasteiger partial charge in [-0.05, 0) is 36.2 Å². The number of carbonyl (C=O) groups excluding carboxylic acids is 1. The van der Waals surface area contributed by atoms with Gasteiger partial charge in [-0.2, -0.15) is 0 Å². The highest BCUT2D eigenvalue weighted by atomic mass is 79.9. The van der Waals surface area contributed by atoms with E-state index in [4.69, 9.17) is 0 Å². The molecule has 2 nitrogen and oxygen atoms in total. The summed E-state index contributed by atoms with van der Waals surface area (Å²) in [7, 11) is 0. The van der Waals surface area contributed by atoms with Crippen LogP contribution in [-0.2, 0) is 4.79 Å². The molecule has 0 aliphatic rings. The van der Waals surface area contributed by atoms with Gasteiger partial charge in [-0.25, -0.2) is 0 Å². The number of hydrogen-bond acceptors (Lipinski definition) is 2. The average molecular weight is 378 g/mol. The quantitative estimate of drug-likeness (QED) is 0.671. The lowest BCUT2D eigenvalue weighted by atomic mass is 10.0. The molecule has 1 atom stereocenters. The molecule has 2 aromatic carbocycles. The third kappa shape index (κ3) is 5.50. The van der Waals surface area contributed by atoms with Gasteiger partial charge >= 0.3 is 0 Å². The summed E-state index contributed by atoms with van der Waals surface area (Å²) in [6.07, 6.45) is 2.00. The van der Waals surface area contributed by atoms with E-state index in [0.29, 0.717) is 5.75 Å². The van der Waals surface area contributed by atoms with Gasteiger partial charge in [-0.1, -0.05) is 59.6 Å². The molecule has 0 saturated heterocycles. The molecule has 0 unspecified atom stereocenters.